The van der Waals surface area contributed by atoms with Crippen LogP contribution in [0, 0.1) is 0 Å². The van der Waals surface area contributed by atoms with Crippen molar-refractivity contribution in [2.75, 3.05) is 11.9 Å². The van der Waals surface area contributed by atoms with Crippen molar-refractivity contribution in [3.8, 4) is 0 Å². The van der Waals surface area contributed by atoms with E-state index in [9.17, 15) is 14.4 Å². The van der Waals surface area contributed by atoms with Crippen molar-refractivity contribution in [3.63, 3.8) is 0 Å². The van der Waals surface area contributed by atoms with Crippen molar-refractivity contribution >= 4 is 57.2 Å². The van der Waals surface area contributed by atoms with Gasteiger partial charge >= 0.3 is 5.97 Å². The monoisotopic (exact) mass is 547 g/mol. The molecule has 3 aromatic heterocycles. The Morgan fingerprint density at radius 1 is 1.22 bits per heavy atom. The molecule has 0 aliphatic heterocycles. The van der Waals surface area contributed by atoms with Crippen LogP contribution in [0.15, 0.2) is 22.7 Å². The summed E-state index contributed by atoms with van der Waals surface area (Å²) >= 11 is 4.12. The van der Waals surface area contributed by atoms with Crippen molar-refractivity contribution in [1.82, 2.24) is 20.1 Å². The van der Waals surface area contributed by atoms with E-state index in [1.807, 2.05) is 11.4 Å². The SMILES string of the molecule is CCOC(=O)c1c(NC(=O)C(C)Sc2nnc(CNC(=O)c3cccs3)n2C)sc2c1CCCCC2. The number of rotatable bonds is 9. The number of esters is 1. The summed E-state index contributed by atoms with van der Waals surface area (Å²) in [5.41, 5.74) is 1.53. The third-order valence-electron chi connectivity index (χ3n) is 5.87. The Labute approximate surface area is 222 Å². The van der Waals surface area contributed by atoms with Gasteiger partial charge in [-0.3, -0.25) is 9.59 Å². The van der Waals surface area contributed by atoms with Gasteiger partial charge in [0.1, 0.15) is 5.00 Å². The molecule has 1 aliphatic rings. The van der Waals surface area contributed by atoms with E-state index in [0.717, 1.165) is 42.5 Å². The number of carbonyl (C=O) groups excluding carboxylic acids is 3. The predicted octanol–water partition coefficient (Wildman–Crippen LogP) is 4.43. The average molecular weight is 548 g/mol. The van der Waals surface area contributed by atoms with Gasteiger partial charge in [0, 0.05) is 11.9 Å². The third-order valence-corrected chi connectivity index (χ3v) is 9.08. The Hall–Kier alpha value is -2.70. The van der Waals surface area contributed by atoms with E-state index in [2.05, 4.69) is 20.8 Å². The topological polar surface area (TPSA) is 115 Å². The first-order chi connectivity index (χ1) is 17.4. The Bertz CT molecular complexity index is 1230. The largest absolute Gasteiger partial charge is 0.462 e. The number of amides is 2. The van der Waals surface area contributed by atoms with Crippen LogP contribution in [0.3, 0.4) is 0 Å². The molecular formula is C24H29N5O4S3. The van der Waals surface area contributed by atoms with E-state index in [4.69, 9.17) is 4.74 Å². The maximum Gasteiger partial charge on any atom is 0.341 e. The van der Waals surface area contributed by atoms with Crippen molar-refractivity contribution < 1.29 is 19.1 Å². The standard InChI is InChI=1S/C24H29N5O4S3/c1-4-33-23(32)19-15-9-6-5-7-10-16(15)36-22(19)26-20(30)14(2)35-24-28-27-18(29(24)3)13-25-21(31)17-11-8-12-34-17/h8,11-12,14H,4-7,9-10,13H2,1-3H3,(H,25,31)(H,26,30). The summed E-state index contributed by atoms with van der Waals surface area (Å²) in [6.07, 6.45) is 4.98. The molecule has 3 heterocycles. The van der Waals surface area contributed by atoms with E-state index in [1.165, 1.54) is 34.4 Å². The molecule has 12 heteroatoms. The lowest BCUT2D eigenvalue weighted by molar-refractivity contribution is -0.115. The molecule has 2 amide bonds. The second-order valence-electron chi connectivity index (χ2n) is 8.36. The number of thioether (sulfide) groups is 1. The molecule has 36 heavy (non-hydrogen) atoms. The number of thiophene rings is 2. The zero-order valence-corrected chi connectivity index (χ0v) is 22.9. The number of aromatic nitrogens is 3. The summed E-state index contributed by atoms with van der Waals surface area (Å²) in [6.45, 7) is 4.08. The van der Waals surface area contributed by atoms with E-state index in [0.29, 0.717) is 26.4 Å². The fourth-order valence-electron chi connectivity index (χ4n) is 3.93. The molecule has 4 rings (SSSR count). The highest BCUT2D eigenvalue weighted by Crippen LogP contribution is 2.38. The van der Waals surface area contributed by atoms with Gasteiger partial charge in [-0.15, -0.1) is 32.9 Å². The Kier molecular flexibility index (Phi) is 8.81. The fourth-order valence-corrected chi connectivity index (χ4v) is 6.68. The van der Waals surface area contributed by atoms with Crippen LogP contribution in [0.1, 0.15) is 69.4 Å². The molecule has 0 radical (unpaired) electrons. The average Bonchev–Trinajstić information content (AvgIpc) is 3.55. The second kappa shape index (κ2) is 12.0. The number of anilines is 1. The molecule has 0 saturated heterocycles. The molecule has 192 valence electrons. The lowest BCUT2D eigenvalue weighted by Gasteiger charge is -2.12. The van der Waals surface area contributed by atoms with Crippen LogP contribution >= 0.6 is 34.4 Å². The van der Waals surface area contributed by atoms with Crippen molar-refractivity contribution in [2.45, 2.75) is 62.9 Å². The molecule has 0 aromatic carbocycles. The van der Waals surface area contributed by atoms with Crippen LogP contribution in [-0.2, 0) is 36.0 Å². The first-order valence-electron chi connectivity index (χ1n) is 11.9. The summed E-state index contributed by atoms with van der Waals surface area (Å²) in [5, 5.41) is 16.7. The Morgan fingerprint density at radius 2 is 2.03 bits per heavy atom. The van der Waals surface area contributed by atoms with Gasteiger partial charge in [-0.2, -0.15) is 0 Å². The molecule has 1 atom stereocenters. The number of hydrogen-bond donors (Lipinski definition) is 2. The fraction of sp³-hybridized carbons (Fsp3) is 0.458. The molecule has 0 bridgehead atoms. The predicted molar refractivity (Wildman–Crippen MR) is 142 cm³/mol. The Balaban J connectivity index is 1.42. The smallest absolute Gasteiger partial charge is 0.341 e. The highest BCUT2D eigenvalue weighted by Gasteiger charge is 2.28. The second-order valence-corrected chi connectivity index (χ2v) is 11.7. The lowest BCUT2D eigenvalue weighted by atomic mass is 10.1. The molecule has 3 aromatic rings. The first kappa shape index (κ1) is 26.4. The summed E-state index contributed by atoms with van der Waals surface area (Å²) in [5.74, 6) is -0.184. The number of ether oxygens (including phenoxy) is 1. The number of fused-ring (bicyclic) bond motifs is 1. The zero-order valence-electron chi connectivity index (χ0n) is 20.5. The molecule has 0 saturated carbocycles. The highest BCUT2D eigenvalue weighted by atomic mass is 32.2. The number of nitrogens with one attached hydrogen (secondary N) is 2. The van der Waals surface area contributed by atoms with Gasteiger partial charge in [-0.1, -0.05) is 24.2 Å². The van der Waals surface area contributed by atoms with Gasteiger partial charge in [0.05, 0.1) is 28.8 Å². The van der Waals surface area contributed by atoms with Crippen molar-refractivity contribution in [2.24, 2.45) is 7.05 Å². The van der Waals surface area contributed by atoms with Gasteiger partial charge < -0.3 is 19.9 Å². The maximum atomic E-state index is 13.1. The van der Waals surface area contributed by atoms with Crippen molar-refractivity contribution in [1.29, 1.82) is 0 Å². The van der Waals surface area contributed by atoms with Crippen molar-refractivity contribution in [3.05, 3.63) is 44.2 Å². The van der Waals surface area contributed by atoms with Crippen LogP contribution in [0.25, 0.3) is 0 Å². The summed E-state index contributed by atoms with van der Waals surface area (Å²) in [4.78, 5) is 39.9. The number of nitrogens with zero attached hydrogens (tertiary/aromatic N) is 3. The van der Waals surface area contributed by atoms with Crippen LogP contribution in [0.2, 0.25) is 0 Å². The summed E-state index contributed by atoms with van der Waals surface area (Å²) in [6, 6.07) is 3.59. The normalized spacial score (nSPS) is 14.0. The van der Waals surface area contributed by atoms with Crippen LogP contribution in [0.5, 0.6) is 0 Å². The van der Waals surface area contributed by atoms with Gasteiger partial charge in [-0.05, 0) is 56.5 Å². The maximum absolute atomic E-state index is 13.1. The summed E-state index contributed by atoms with van der Waals surface area (Å²) < 4.78 is 7.08. The zero-order chi connectivity index (χ0) is 25.7. The highest BCUT2D eigenvalue weighted by molar-refractivity contribution is 8.00. The van der Waals surface area contributed by atoms with E-state index >= 15 is 0 Å². The molecular weight excluding hydrogens is 518 g/mol. The number of hydrogen-bond acceptors (Lipinski definition) is 9. The number of aryl methyl sites for hydroxylation is 1. The summed E-state index contributed by atoms with van der Waals surface area (Å²) in [7, 11) is 1.80. The van der Waals surface area contributed by atoms with Crippen LogP contribution in [-0.4, -0.2) is 44.4 Å². The minimum atomic E-state index is -0.488. The van der Waals surface area contributed by atoms with Gasteiger partial charge in [0.2, 0.25) is 5.91 Å². The molecule has 0 spiro atoms. The molecule has 0 fully saturated rings. The quantitative estimate of drug-likeness (QED) is 0.231. The minimum Gasteiger partial charge on any atom is -0.462 e. The van der Waals surface area contributed by atoms with E-state index in [1.54, 1.807) is 31.5 Å². The van der Waals surface area contributed by atoms with Gasteiger partial charge in [0.15, 0.2) is 11.0 Å². The molecule has 2 N–H and O–H groups in total. The van der Waals surface area contributed by atoms with Crippen LogP contribution in [0.4, 0.5) is 5.00 Å². The van der Waals surface area contributed by atoms with Crippen LogP contribution < -0.4 is 10.6 Å². The van der Waals surface area contributed by atoms with E-state index in [-0.39, 0.29) is 30.9 Å². The third kappa shape index (κ3) is 5.98. The molecule has 1 unspecified atom stereocenters. The first-order valence-corrected chi connectivity index (χ1v) is 14.5. The number of carbonyl (C=O) groups is 3. The lowest BCUT2D eigenvalue weighted by Crippen LogP contribution is -2.24. The van der Waals surface area contributed by atoms with E-state index < -0.39 is 5.25 Å². The van der Waals surface area contributed by atoms with Gasteiger partial charge in [0.25, 0.3) is 5.91 Å². The Morgan fingerprint density at radius 3 is 2.78 bits per heavy atom. The van der Waals surface area contributed by atoms with Gasteiger partial charge in [-0.25, -0.2) is 4.79 Å². The minimum absolute atomic E-state index is 0.165. The molecule has 1 aliphatic carbocycles. The molecule has 9 nitrogen and oxygen atoms in total.